The molecule has 1 saturated carbocycles. The van der Waals surface area contributed by atoms with Crippen LogP contribution in [-0.2, 0) is 13.2 Å². The highest BCUT2D eigenvalue weighted by atomic mass is 79.9. The number of thiazole rings is 1. The van der Waals surface area contributed by atoms with Crippen LogP contribution in [-0.4, -0.2) is 20.0 Å². The van der Waals surface area contributed by atoms with Gasteiger partial charge in [-0.05, 0) is 46.8 Å². The molecule has 0 saturated heterocycles. The van der Waals surface area contributed by atoms with E-state index < -0.39 is 0 Å². The Labute approximate surface area is 134 Å². The van der Waals surface area contributed by atoms with E-state index in [4.69, 9.17) is 4.74 Å². The number of aromatic nitrogens is 4. The van der Waals surface area contributed by atoms with Crippen LogP contribution in [0.25, 0.3) is 11.0 Å². The SMILES string of the molecule is Brc1c(OCc2cscn2)ccc2c1nnn2CC1CC1. The molecule has 0 unspecified atom stereocenters. The predicted molar refractivity (Wildman–Crippen MR) is 84.4 cm³/mol. The molecule has 0 amide bonds. The van der Waals surface area contributed by atoms with E-state index in [0.717, 1.165) is 39.4 Å². The third-order valence-electron chi connectivity index (χ3n) is 3.58. The standard InChI is InChI=1S/C14H13BrN4OS/c15-13-12(20-6-10-7-21-8-16-10)4-3-11-14(13)17-18-19(11)5-9-1-2-9/h3-4,7-9H,1-2,5-6H2. The Morgan fingerprint density at radius 1 is 1.38 bits per heavy atom. The Morgan fingerprint density at radius 3 is 3.05 bits per heavy atom. The molecular weight excluding hydrogens is 352 g/mol. The van der Waals surface area contributed by atoms with Crippen LogP contribution in [0.2, 0.25) is 0 Å². The first-order valence-corrected chi connectivity index (χ1v) is 8.56. The lowest BCUT2D eigenvalue weighted by Gasteiger charge is -2.07. The molecule has 0 atom stereocenters. The fourth-order valence-electron chi connectivity index (χ4n) is 2.24. The minimum atomic E-state index is 0.462. The molecule has 108 valence electrons. The van der Waals surface area contributed by atoms with Gasteiger partial charge in [-0.1, -0.05) is 5.21 Å². The van der Waals surface area contributed by atoms with Crippen LogP contribution in [0, 0.1) is 5.92 Å². The van der Waals surface area contributed by atoms with Crippen molar-refractivity contribution < 1.29 is 4.74 Å². The summed E-state index contributed by atoms with van der Waals surface area (Å²) < 4.78 is 8.66. The predicted octanol–water partition coefficient (Wildman–Crippen LogP) is 3.64. The molecule has 1 aliphatic rings. The van der Waals surface area contributed by atoms with Gasteiger partial charge in [0.25, 0.3) is 0 Å². The molecular formula is C14H13BrN4OS. The number of fused-ring (bicyclic) bond motifs is 1. The highest BCUT2D eigenvalue weighted by Crippen LogP contribution is 2.35. The summed E-state index contributed by atoms with van der Waals surface area (Å²) in [5.41, 5.74) is 4.64. The van der Waals surface area contributed by atoms with Crippen molar-refractivity contribution in [3.05, 3.63) is 33.2 Å². The first-order chi connectivity index (χ1) is 10.3. The summed E-state index contributed by atoms with van der Waals surface area (Å²) >= 11 is 5.15. The van der Waals surface area contributed by atoms with Crippen LogP contribution in [0.15, 0.2) is 27.5 Å². The number of rotatable bonds is 5. The second kappa shape index (κ2) is 5.38. The van der Waals surface area contributed by atoms with E-state index in [-0.39, 0.29) is 0 Å². The largest absolute Gasteiger partial charge is 0.486 e. The van der Waals surface area contributed by atoms with E-state index in [1.165, 1.54) is 12.8 Å². The van der Waals surface area contributed by atoms with Gasteiger partial charge in [0, 0.05) is 11.9 Å². The van der Waals surface area contributed by atoms with Gasteiger partial charge in [0.15, 0.2) is 0 Å². The number of ether oxygens (including phenoxy) is 1. The Hall–Kier alpha value is -1.47. The molecule has 0 bridgehead atoms. The zero-order chi connectivity index (χ0) is 14.2. The average Bonchev–Trinajstić information content (AvgIpc) is 2.99. The summed E-state index contributed by atoms with van der Waals surface area (Å²) in [6, 6.07) is 3.99. The summed E-state index contributed by atoms with van der Waals surface area (Å²) in [6.07, 6.45) is 2.61. The van der Waals surface area contributed by atoms with Gasteiger partial charge >= 0.3 is 0 Å². The highest BCUT2D eigenvalue weighted by Gasteiger charge is 2.23. The van der Waals surface area contributed by atoms with Gasteiger partial charge in [0.1, 0.15) is 17.9 Å². The van der Waals surface area contributed by atoms with Gasteiger partial charge in [-0.3, -0.25) is 0 Å². The Morgan fingerprint density at radius 2 is 2.29 bits per heavy atom. The average molecular weight is 365 g/mol. The molecule has 2 aromatic heterocycles. The molecule has 4 rings (SSSR count). The Balaban J connectivity index is 1.60. The van der Waals surface area contributed by atoms with Crippen LogP contribution in [0.5, 0.6) is 5.75 Å². The highest BCUT2D eigenvalue weighted by molar-refractivity contribution is 9.10. The monoisotopic (exact) mass is 364 g/mol. The Kier molecular flexibility index (Phi) is 3.39. The van der Waals surface area contributed by atoms with Crippen molar-refractivity contribution in [1.82, 2.24) is 20.0 Å². The van der Waals surface area contributed by atoms with Gasteiger partial charge in [0.2, 0.25) is 0 Å². The summed E-state index contributed by atoms with van der Waals surface area (Å²) in [5.74, 6) is 1.54. The summed E-state index contributed by atoms with van der Waals surface area (Å²) in [6.45, 7) is 1.42. The fourth-order valence-corrected chi connectivity index (χ4v) is 3.31. The van der Waals surface area contributed by atoms with E-state index in [0.29, 0.717) is 6.61 Å². The second-order valence-corrected chi connectivity index (χ2v) is 6.74. The summed E-state index contributed by atoms with van der Waals surface area (Å²) in [7, 11) is 0. The zero-order valence-corrected chi connectivity index (χ0v) is 13.6. The van der Waals surface area contributed by atoms with Crippen LogP contribution < -0.4 is 4.74 Å². The summed E-state index contributed by atoms with van der Waals surface area (Å²) in [5, 5.41) is 10.5. The first kappa shape index (κ1) is 13.2. The van der Waals surface area contributed by atoms with Crippen LogP contribution in [0.1, 0.15) is 18.5 Å². The van der Waals surface area contributed by atoms with Crippen molar-refractivity contribution in [2.75, 3.05) is 0 Å². The van der Waals surface area contributed by atoms with Gasteiger partial charge < -0.3 is 4.74 Å². The number of halogens is 1. The fraction of sp³-hybridized carbons (Fsp3) is 0.357. The maximum absolute atomic E-state index is 5.81. The molecule has 1 aromatic carbocycles. The van der Waals surface area contributed by atoms with Crippen molar-refractivity contribution in [2.45, 2.75) is 26.0 Å². The van der Waals surface area contributed by atoms with Gasteiger partial charge in [-0.25, -0.2) is 9.67 Å². The molecule has 0 N–H and O–H groups in total. The van der Waals surface area contributed by atoms with Gasteiger partial charge in [-0.2, -0.15) is 0 Å². The number of benzene rings is 1. The number of hydrogen-bond acceptors (Lipinski definition) is 5. The maximum atomic E-state index is 5.81. The lowest BCUT2D eigenvalue weighted by Crippen LogP contribution is -2.01. The number of nitrogens with zero attached hydrogens (tertiary/aromatic N) is 4. The molecule has 0 aliphatic heterocycles. The lowest BCUT2D eigenvalue weighted by atomic mass is 10.3. The third-order valence-corrected chi connectivity index (χ3v) is 4.98. The smallest absolute Gasteiger partial charge is 0.136 e. The van der Waals surface area contributed by atoms with Crippen molar-refractivity contribution >= 4 is 38.3 Å². The van der Waals surface area contributed by atoms with Crippen molar-refractivity contribution in [3.63, 3.8) is 0 Å². The normalized spacial score (nSPS) is 14.7. The van der Waals surface area contributed by atoms with Crippen molar-refractivity contribution in [3.8, 4) is 5.75 Å². The molecule has 2 heterocycles. The minimum Gasteiger partial charge on any atom is -0.486 e. The second-order valence-electron chi connectivity index (χ2n) is 5.23. The van der Waals surface area contributed by atoms with Crippen LogP contribution >= 0.6 is 27.3 Å². The minimum absolute atomic E-state index is 0.462. The zero-order valence-electron chi connectivity index (χ0n) is 11.2. The van der Waals surface area contributed by atoms with Gasteiger partial charge in [-0.15, -0.1) is 16.4 Å². The molecule has 5 nitrogen and oxygen atoms in total. The van der Waals surface area contributed by atoms with E-state index in [9.17, 15) is 0 Å². The molecule has 1 aliphatic carbocycles. The molecule has 7 heteroatoms. The Bertz CT molecular complexity index is 767. The maximum Gasteiger partial charge on any atom is 0.136 e. The first-order valence-electron chi connectivity index (χ1n) is 6.83. The van der Waals surface area contributed by atoms with E-state index in [2.05, 4.69) is 31.2 Å². The summed E-state index contributed by atoms with van der Waals surface area (Å²) in [4.78, 5) is 4.21. The van der Waals surface area contributed by atoms with Crippen molar-refractivity contribution in [1.29, 1.82) is 0 Å². The molecule has 0 spiro atoms. The molecule has 3 aromatic rings. The van der Waals surface area contributed by atoms with E-state index in [1.54, 1.807) is 16.8 Å². The van der Waals surface area contributed by atoms with Gasteiger partial charge in [0.05, 0.1) is 21.2 Å². The lowest BCUT2D eigenvalue weighted by molar-refractivity contribution is 0.300. The van der Waals surface area contributed by atoms with Crippen LogP contribution in [0.3, 0.4) is 0 Å². The van der Waals surface area contributed by atoms with E-state index in [1.807, 2.05) is 22.2 Å². The van der Waals surface area contributed by atoms with E-state index >= 15 is 0 Å². The van der Waals surface area contributed by atoms with Crippen LogP contribution in [0.4, 0.5) is 0 Å². The quantitative estimate of drug-likeness (QED) is 0.693. The molecule has 1 fully saturated rings. The number of hydrogen-bond donors (Lipinski definition) is 0. The third kappa shape index (κ3) is 2.67. The molecule has 0 radical (unpaired) electrons. The molecule has 21 heavy (non-hydrogen) atoms. The van der Waals surface area contributed by atoms with Crippen molar-refractivity contribution in [2.24, 2.45) is 5.92 Å². The topological polar surface area (TPSA) is 52.8 Å².